The Labute approximate surface area is 231 Å². The molecule has 0 heterocycles. The highest BCUT2D eigenvalue weighted by molar-refractivity contribution is 5.94. The van der Waals surface area contributed by atoms with Crippen LogP contribution in [0.5, 0.6) is 5.75 Å². The third-order valence-electron chi connectivity index (χ3n) is 6.69. The molecule has 0 aliphatic rings. The molecule has 5 heteroatoms. The summed E-state index contributed by atoms with van der Waals surface area (Å²) in [7, 11) is 0. The van der Waals surface area contributed by atoms with Gasteiger partial charge in [0.05, 0.1) is 6.61 Å². The zero-order valence-corrected chi connectivity index (χ0v) is 23.2. The third-order valence-corrected chi connectivity index (χ3v) is 6.69. The lowest BCUT2D eigenvalue weighted by Crippen LogP contribution is -2.11. The standard InChI is InChI=1S/C34H38O5/c1-5-7-8-25(6-2)22-39-34-21-30(26-9-13-28(14-10-26)32(37)19-23(3)35)17-18-31(34)27-11-15-29(16-12-27)33(38)20-24(4)36/h9-21,25,37-38H,5-8,22H2,1-4H3. The molecule has 5 nitrogen and oxygen atoms in total. The highest BCUT2D eigenvalue weighted by atomic mass is 16.5. The van der Waals surface area contributed by atoms with Crippen LogP contribution in [0.2, 0.25) is 0 Å². The molecule has 0 amide bonds. The average Bonchev–Trinajstić information content (AvgIpc) is 2.92. The van der Waals surface area contributed by atoms with Gasteiger partial charge in [-0.15, -0.1) is 0 Å². The van der Waals surface area contributed by atoms with Crippen LogP contribution in [0.1, 0.15) is 64.5 Å². The largest absolute Gasteiger partial charge is 0.507 e. The summed E-state index contributed by atoms with van der Waals surface area (Å²) in [6.45, 7) is 7.81. The van der Waals surface area contributed by atoms with Crippen LogP contribution in [0.3, 0.4) is 0 Å². The van der Waals surface area contributed by atoms with Crippen molar-refractivity contribution in [2.75, 3.05) is 6.61 Å². The minimum absolute atomic E-state index is 0.0567. The molecule has 0 spiro atoms. The molecule has 204 valence electrons. The maximum absolute atomic E-state index is 11.3. The molecule has 0 fully saturated rings. The fourth-order valence-electron chi connectivity index (χ4n) is 4.37. The van der Waals surface area contributed by atoms with Crippen molar-refractivity contribution in [1.29, 1.82) is 0 Å². The number of aliphatic hydroxyl groups is 2. The third kappa shape index (κ3) is 8.44. The van der Waals surface area contributed by atoms with Crippen LogP contribution in [0.4, 0.5) is 0 Å². The zero-order chi connectivity index (χ0) is 28.4. The van der Waals surface area contributed by atoms with Gasteiger partial charge in [-0.3, -0.25) is 9.59 Å². The topological polar surface area (TPSA) is 83.8 Å². The van der Waals surface area contributed by atoms with Crippen molar-refractivity contribution in [2.24, 2.45) is 5.92 Å². The van der Waals surface area contributed by atoms with E-state index in [-0.39, 0.29) is 23.1 Å². The number of carbonyl (C=O) groups is 2. The number of aliphatic hydroxyl groups excluding tert-OH is 2. The quantitative estimate of drug-likeness (QED) is 0.172. The van der Waals surface area contributed by atoms with Gasteiger partial charge in [0.2, 0.25) is 0 Å². The van der Waals surface area contributed by atoms with Gasteiger partial charge in [0, 0.05) is 28.8 Å². The molecule has 3 aromatic carbocycles. The number of ketones is 2. The molecule has 1 unspecified atom stereocenters. The summed E-state index contributed by atoms with van der Waals surface area (Å²) in [5.74, 6) is 0.690. The molecule has 0 aliphatic heterocycles. The van der Waals surface area contributed by atoms with Crippen LogP contribution in [-0.2, 0) is 9.59 Å². The van der Waals surface area contributed by atoms with Crippen LogP contribution in [0.15, 0.2) is 78.9 Å². The molecule has 0 bridgehead atoms. The Morgan fingerprint density at radius 3 is 1.77 bits per heavy atom. The summed E-state index contributed by atoms with van der Waals surface area (Å²) >= 11 is 0. The van der Waals surface area contributed by atoms with Crippen LogP contribution < -0.4 is 4.74 Å². The van der Waals surface area contributed by atoms with Gasteiger partial charge in [-0.1, -0.05) is 93.8 Å². The van der Waals surface area contributed by atoms with Gasteiger partial charge in [0.15, 0.2) is 11.6 Å². The summed E-state index contributed by atoms with van der Waals surface area (Å²) in [5, 5.41) is 20.3. The van der Waals surface area contributed by atoms with Crippen molar-refractivity contribution >= 4 is 23.1 Å². The molecule has 0 saturated heterocycles. The van der Waals surface area contributed by atoms with Crippen molar-refractivity contribution in [1.82, 2.24) is 0 Å². The maximum Gasteiger partial charge on any atom is 0.156 e. The minimum atomic E-state index is -0.213. The molecule has 39 heavy (non-hydrogen) atoms. The number of hydrogen-bond acceptors (Lipinski definition) is 5. The summed E-state index contributed by atoms with van der Waals surface area (Å²) in [6, 6.07) is 20.9. The van der Waals surface area contributed by atoms with E-state index < -0.39 is 0 Å². The molecular weight excluding hydrogens is 488 g/mol. The van der Waals surface area contributed by atoms with Gasteiger partial charge in [-0.2, -0.15) is 0 Å². The predicted molar refractivity (Wildman–Crippen MR) is 159 cm³/mol. The Morgan fingerprint density at radius 2 is 1.28 bits per heavy atom. The normalized spacial score (nSPS) is 12.7. The van der Waals surface area contributed by atoms with Crippen molar-refractivity contribution < 1.29 is 24.5 Å². The Kier molecular flexibility index (Phi) is 10.7. The number of allylic oxidation sites excluding steroid dienone is 2. The van der Waals surface area contributed by atoms with Crippen molar-refractivity contribution in [3.8, 4) is 28.0 Å². The minimum Gasteiger partial charge on any atom is -0.507 e. The van der Waals surface area contributed by atoms with Gasteiger partial charge < -0.3 is 14.9 Å². The summed E-state index contributed by atoms with van der Waals surface area (Å²) < 4.78 is 6.45. The van der Waals surface area contributed by atoms with Crippen LogP contribution in [0.25, 0.3) is 33.8 Å². The number of unbranched alkanes of at least 4 members (excludes halogenated alkanes) is 1. The summed E-state index contributed by atoms with van der Waals surface area (Å²) in [4.78, 5) is 22.6. The maximum atomic E-state index is 11.3. The first kappa shape index (κ1) is 29.4. The van der Waals surface area contributed by atoms with Crippen LogP contribution in [0, 0.1) is 5.92 Å². The first-order valence-electron chi connectivity index (χ1n) is 13.5. The SMILES string of the molecule is CCCCC(CC)COc1cc(-c2ccc(C(O)=CC(C)=O)cc2)ccc1-c1ccc(C(O)=CC(C)=O)cc1. The van der Waals surface area contributed by atoms with Gasteiger partial charge >= 0.3 is 0 Å². The number of benzene rings is 3. The Hall–Kier alpha value is -4.12. The highest BCUT2D eigenvalue weighted by Gasteiger charge is 2.14. The fourth-order valence-corrected chi connectivity index (χ4v) is 4.37. The van der Waals surface area contributed by atoms with Gasteiger partial charge in [0.25, 0.3) is 0 Å². The molecule has 2 N–H and O–H groups in total. The van der Waals surface area contributed by atoms with Gasteiger partial charge in [-0.05, 0) is 48.9 Å². The van der Waals surface area contributed by atoms with Crippen LogP contribution >= 0.6 is 0 Å². The van der Waals surface area contributed by atoms with E-state index in [1.165, 1.54) is 32.4 Å². The van der Waals surface area contributed by atoms with Crippen LogP contribution in [-0.4, -0.2) is 28.4 Å². The van der Waals surface area contributed by atoms with E-state index >= 15 is 0 Å². The molecule has 1 atom stereocenters. The second kappa shape index (κ2) is 14.1. The van der Waals surface area contributed by atoms with E-state index in [0.717, 1.165) is 47.3 Å². The van der Waals surface area contributed by atoms with E-state index in [1.54, 1.807) is 24.3 Å². The first-order valence-corrected chi connectivity index (χ1v) is 13.5. The smallest absolute Gasteiger partial charge is 0.156 e. The Balaban J connectivity index is 1.96. The lowest BCUT2D eigenvalue weighted by atomic mass is 9.97. The number of rotatable bonds is 13. The van der Waals surface area contributed by atoms with E-state index in [2.05, 4.69) is 13.8 Å². The van der Waals surface area contributed by atoms with Gasteiger partial charge in [0.1, 0.15) is 17.3 Å². The number of ether oxygens (including phenoxy) is 1. The molecule has 3 rings (SSSR count). The predicted octanol–water partition coefficient (Wildman–Crippen LogP) is 8.59. The molecule has 0 saturated carbocycles. The molecule has 0 aliphatic carbocycles. The van der Waals surface area contributed by atoms with E-state index in [9.17, 15) is 19.8 Å². The van der Waals surface area contributed by atoms with Crippen molar-refractivity contribution in [3.63, 3.8) is 0 Å². The van der Waals surface area contributed by atoms with E-state index in [1.807, 2.05) is 42.5 Å². The fraction of sp³-hybridized carbons (Fsp3) is 0.294. The second-order valence-corrected chi connectivity index (χ2v) is 9.87. The Morgan fingerprint density at radius 1 is 0.769 bits per heavy atom. The lowest BCUT2D eigenvalue weighted by molar-refractivity contribution is -0.113. The number of carbonyl (C=O) groups excluding carboxylic acids is 2. The highest BCUT2D eigenvalue weighted by Crippen LogP contribution is 2.36. The van der Waals surface area contributed by atoms with Gasteiger partial charge in [-0.25, -0.2) is 0 Å². The summed E-state index contributed by atoms with van der Waals surface area (Å²) in [5.41, 5.74) is 4.94. The summed E-state index contributed by atoms with van der Waals surface area (Å²) in [6.07, 6.45) is 6.91. The molecule has 3 aromatic rings. The van der Waals surface area contributed by atoms with Crippen molar-refractivity contribution in [2.45, 2.75) is 53.4 Å². The first-order chi connectivity index (χ1) is 18.7. The second-order valence-electron chi connectivity index (χ2n) is 9.87. The Bertz CT molecular complexity index is 1330. The van der Waals surface area contributed by atoms with E-state index in [0.29, 0.717) is 23.7 Å². The molecule has 0 aromatic heterocycles. The number of hydrogen-bond donors (Lipinski definition) is 2. The zero-order valence-electron chi connectivity index (χ0n) is 23.2. The van der Waals surface area contributed by atoms with Crippen molar-refractivity contribution in [3.05, 3.63) is 90.0 Å². The van der Waals surface area contributed by atoms with E-state index in [4.69, 9.17) is 4.74 Å². The molecule has 0 radical (unpaired) electrons. The monoisotopic (exact) mass is 526 g/mol. The molecular formula is C34H38O5. The average molecular weight is 527 g/mol. The lowest BCUT2D eigenvalue weighted by Gasteiger charge is -2.19.